The van der Waals surface area contributed by atoms with Crippen molar-refractivity contribution in [2.24, 2.45) is 0 Å². The lowest BCUT2D eigenvalue weighted by atomic mass is 9.95. The number of aliphatic hydroxyl groups is 2. The van der Waals surface area contributed by atoms with Gasteiger partial charge in [-0.2, -0.15) is 0 Å². The first kappa shape index (κ1) is 19.0. The molecule has 2 unspecified atom stereocenters. The zero-order chi connectivity index (χ0) is 15.8. The predicted octanol–water partition coefficient (Wildman–Crippen LogP) is 3.98. The molecule has 20 heavy (non-hydrogen) atoms. The lowest BCUT2D eigenvalue weighted by molar-refractivity contribution is 0.101. The quantitative estimate of drug-likeness (QED) is 0.570. The van der Waals surface area contributed by atoms with Crippen LogP contribution in [0.3, 0.4) is 0 Å². The molecule has 0 bridgehead atoms. The number of allylic oxidation sites excluding steroid dienone is 4. The lowest BCUT2D eigenvalue weighted by Crippen LogP contribution is -2.26. The smallest absolute Gasteiger partial charge is 0.123 e. The fourth-order valence-electron chi connectivity index (χ4n) is 1.68. The standard InChI is InChI=1S/C18H30O2/c1-15(2)9-7-11-17(5,19)13-14-18(6,20)12-8-10-16(3)4/h9-10,19-20H,7-8,11-12H2,1-6H3. The van der Waals surface area contributed by atoms with Crippen molar-refractivity contribution in [1.29, 1.82) is 0 Å². The summed E-state index contributed by atoms with van der Waals surface area (Å²) >= 11 is 0. The van der Waals surface area contributed by atoms with Gasteiger partial charge in [0.15, 0.2) is 0 Å². The van der Waals surface area contributed by atoms with Gasteiger partial charge in [0.1, 0.15) is 11.2 Å². The van der Waals surface area contributed by atoms with Crippen LogP contribution in [0, 0.1) is 11.8 Å². The van der Waals surface area contributed by atoms with Crippen LogP contribution in [-0.4, -0.2) is 21.4 Å². The molecule has 0 radical (unpaired) electrons. The summed E-state index contributed by atoms with van der Waals surface area (Å²) in [5.41, 5.74) is 0.379. The Hall–Kier alpha value is -1.04. The Kier molecular flexibility index (Phi) is 7.86. The maximum absolute atomic E-state index is 10.2. The van der Waals surface area contributed by atoms with E-state index in [1.54, 1.807) is 13.8 Å². The second kappa shape index (κ2) is 8.29. The number of hydrogen-bond donors (Lipinski definition) is 2. The molecule has 0 aromatic carbocycles. The first-order chi connectivity index (χ1) is 9.04. The molecule has 0 saturated heterocycles. The minimum atomic E-state index is -1.05. The molecule has 0 aliphatic carbocycles. The molecule has 2 heteroatoms. The van der Waals surface area contributed by atoms with E-state index in [9.17, 15) is 10.2 Å². The molecule has 0 fully saturated rings. The second-order valence-corrected chi connectivity index (χ2v) is 6.44. The molecule has 0 aromatic heterocycles. The molecule has 0 spiro atoms. The Morgan fingerprint density at radius 3 is 1.35 bits per heavy atom. The molecule has 0 amide bonds. The molecule has 0 saturated carbocycles. The van der Waals surface area contributed by atoms with Crippen molar-refractivity contribution in [3.63, 3.8) is 0 Å². The molecular weight excluding hydrogens is 248 g/mol. The maximum atomic E-state index is 10.2. The average molecular weight is 278 g/mol. The van der Waals surface area contributed by atoms with Crippen molar-refractivity contribution in [3.8, 4) is 11.8 Å². The summed E-state index contributed by atoms with van der Waals surface area (Å²) in [5, 5.41) is 20.4. The van der Waals surface area contributed by atoms with Crippen LogP contribution >= 0.6 is 0 Å². The molecule has 114 valence electrons. The molecule has 0 aromatic rings. The fraction of sp³-hybridized carbons (Fsp3) is 0.667. The average Bonchev–Trinajstić information content (AvgIpc) is 2.25. The summed E-state index contributed by atoms with van der Waals surface area (Å²) in [4.78, 5) is 0. The van der Waals surface area contributed by atoms with Gasteiger partial charge in [0.05, 0.1) is 0 Å². The van der Waals surface area contributed by atoms with Gasteiger partial charge in [0, 0.05) is 0 Å². The van der Waals surface area contributed by atoms with Crippen LogP contribution < -0.4 is 0 Å². The van der Waals surface area contributed by atoms with E-state index in [-0.39, 0.29) is 0 Å². The Morgan fingerprint density at radius 1 is 0.800 bits per heavy atom. The van der Waals surface area contributed by atoms with Crippen LogP contribution in [0.1, 0.15) is 67.2 Å². The summed E-state index contributed by atoms with van der Waals surface area (Å²) in [7, 11) is 0. The third-order valence-corrected chi connectivity index (χ3v) is 2.97. The van der Waals surface area contributed by atoms with Gasteiger partial charge >= 0.3 is 0 Å². The van der Waals surface area contributed by atoms with Crippen LogP contribution in [0.4, 0.5) is 0 Å². The first-order valence-electron chi connectivity index (χ1n) is 7.30. The summed E-state index contributed by atoms with van der Waals surface area (Å²) in [5.74, 6) is 5.63. The number of hydrogen-bond acceptors (Lipinski definition) is 2. The number of rotatable bonds is 6. The zero-order valence-corrected chi connectivity index (χ0v) is 13.9. The van der Waals surface area contributed by atoms with Gasteiger partial charge in [-0.3, -0.25) is 0 Å². The zero-order valence-electron chi connectivity index (χ0n) is 13.9. The summed E-state index contributed by atoms with van der Waals surface area (Å²) in [6.45, 7) is 11.5. The van der Waals surface area contributed by atoms with Gasteiger partial charge in [-0.1, -0.05) is 35.1 Å². The van der Waals surface area contributed by atoms with Crippen molar-refractivity contribution in [2.75, 3.05) is 0 Å². The molecule has 0 aliphatic rings. The van der Waals surface area contributed by atoms with E-state index >= 15 is 0 Å². The lowest BCUT2D eigenvalue weighted by Gasteiger charge is -2.19. The Morgan fingerprint density at radius 2 is 1.10 bits per heavy atom. The first-order valence-corrected chi connectivity index (χ1v) is 7.30. The molecule has 2 nitrogen and oxygen atoms in total. The van der Waals surface area contributed by atoms with Crippen LogP contribution in [0.2, 0.25) is 0 Å². The SMILES string of the molecule is CC(C)=CCCC(C)(O)C#CC(C)(O)CCC=C(C)C. The summed E-state index contributed by atoms with van der Waals surface area (Å²) < 4.78 is 0. The highest BCUT2D eigenvalue weighted by atomic mass is 16.3. The Labute approximate surface area is 124 Å². The van der Waals surface area contributed by atoms with Crippen molar-refractivity contribution in [3.05, 3.63) is 23.3 Å². The van der Waals surface area contributed by atoms with Crippen LogP contribution in [0.15, 0.2) is 23.3 Å². The summed E-state index contributed by atoms with van der Waals surface area (Å²) in [6.07, 6.45) is 6.92. The Balaban J connectivity index is 4.51. The van der Waals surface area contributed by atoms with E-state index in [0.717, 1.165) is 12.8 Å². The van der Waals surface area contributed by atoms with Gasteiger partial charge in [-0.05, 0) is 67.2 Å². The monoisotopic (exact) mass is 278 g/mol. The van der Waals surface area contributed by atoms with Crippen LogP contribution in [0.25, 0.3) is 0 Å². The van der Waals surface area contributed by atoms with Gasteiger partial charge in [0.25, 0.3) is 0 Å². The third kappa shape index (κ3) is 10.8. The highest BCUT2D eigenvalue weighted by Crippen LogP contribution is 2.16. The molecule has 0 rings (SSSR count). The maximum Gasteiger partial charge on any atom is 0.123 e. The minimum Gasteiger partial charge on any atom is -0.378 e. The van der Waals surface area contributed by atoms with Crippen LogP contribution in [-0.2, 0) is 0 Å². The van der Waals surface area contributed by atoms with E-state index in [4.69, 9.17) is 0 Å². The van der Waals surface area contributed by atoms with Crippen molar-refractivity contribution >= 4 is 0 Å². The van der Waals surface area contributed by atoms with E-state index in [1.165, 1.54) is 11.1 Å². The molecule has 2 N–H and O–H groups in total. The fourth-order valence-corrected chi connectivity index (χ4v) is 1.68. The predicted molar refractivity (Wildman–Crippen MR) is 86.4 cm³/mol. The molecule has 0 heterocycles. The molecule has 0 aliphatic heterocycles. The van der Waals surface area contributed by atoms with Gasteiger partial charge < -0.3 is 10.2 Å². The van der Waals surface area contributed by atoms with Gasteiger partial charge in [0.2, 0.25) is 0 Å². The van der Waals surface area contributed by atoms with E-state index < -0.39 is 11.2 Å². The normalized spacial score (nSPS) is 16.2. The van der Waals surface area contributed by atoms with E-state index in [1.807, 2.05) is 27.7 Å². The van der Waals surface area contributed by atoms with Gasteiger partial charge in [-0.25, -0.2) is 0 Å². The highest BCUT2D eigenvalue weighted by Gasteiger charge is 2.20. The van der Waals surface area contributed by atoms with E-state index in [2.05, 4.69) is 24.0 Å². The van der Waals surface area contributed by atoms with Crippen molar-refractivity contribution in [2.45, 2.75) is 78.4 Å². The largest absolute Gasteiger partial charge is 0.378 e. The van der Waals surface area contributed by atoms with Gasteiger partial charge in [-0.15, -0.1) is 0 Å². The minimum absolute atomic E-state index is 0.579. The second-order valence-electron chi connectivity index (χ2n) is 6.44. The molecular formula is C18H30O2. The van der Waals surface area contributed by atoms with Crippen molar-refractivity contribution in [1.82, 2.24) is 0 Å². The third-order valence-electron chi connectivity index (χ3n) is 2.97. The topological polar surface area (TPSA) is 40.5 Å². The summed E-state index contributed by atoms with van der Waals surface area (Å²) in [6, 6.07) is 0. The Bertz CT molecular complexity index is 368. The van der Waals surface area contributed by atoms with E-state index in [0.29, 0.717) is 12.8 Å². The van der Waals surface area contributed by atoms with Crippen molar-refractivity contribution < 1.29 is 10.2 Å². The van der Waals surface area contributed by atoms with Crippen LogP contribution in [0.5, 0.6) is 0 Å². The molecule has 2 atom stereocenters. The highest BCUT2D eigenvalue weighted by molar-refractivity contribution is 5.19.